The zero-order chi connectivity index (χ0) is 20.8. The number of carbonyl (C=O) groups is 2. The Bertz CT molecular complexity index is 1030. The van der Waals surface area contributed by atoms with Gasteiger partial charge in [0.1, 0.15) is 11.5 Å². The first-order chi connectivity index (χ1) is 14.0. The normalized spacial score (nSPS) is 10.3. The Balaban J connectivity index is 1.59. The second-order valence-corrected chi connectivity index (χ2v) is 6.69. The third kappa shape index (κ3) is 5.02. The number of amides is 1. The van der Waals surface area contributed by atoms with Crippen LogP contribution in [0.5, 0.6) is 11.5 Å². The second kappa shape index (κ2) is 9.06. The van der Waals surface area contributed by atoms with Crippen LogP contribution in [0.1, 0.15) is 31.8 Å². The van der Waals surface area contributed by atoms with Crippen molar-refractivity contribution < 1.29 is 19.1 Å². The molecule has 0 aliphatic rings. The van der Waals surface area contributed by atoms with Crippen molar-refractivity contribution in [2.45, 2.75) is 13.8 Å². The molecule has 5 nitrogen and oxygen atoms in total. The van der Waals surface area contributed by atoms with Crippen LogP contribution in [0.4, 0.5) is 5.69 Å². The number of aryl methyl sites for hydroxylation is 2. The van der Waals surface area contributed by atoms with Gasteiger partial charge in [-0.3, -0.25) is 9.59 Å². The van der Waals surface area contributed by atoms with Crippen LogP contribution >= 0.6 is 0 Å². The maximum absolute atomic E-state index is 12.4. The first-order valence-electron chi connectivity index (χ1n) is 9.25. The molecule has 0 fully saturated rings. The Hall–Kier alpha value is -3.60. The highest BCUT2D eigenvalue weighted by atomic mass is 16.5. The second-order valence-electron chi connectivity index (χ2n) is 6.69. The summed E-state index contributed by atoms with van der Waals surface area (Å²) in [6.45, 7) is 3.94. The van der Waals surface area contributed by atoms with Gasteiger partial charge in [0.2, 0.25) is 0 Å². The van der Waals surface area contributed by atoms with Crippen LogP contribution in [-0.2, 0) is 0 Å². The van der Waals surface area contributed by atoms with Crippen molar-refractivity contribution in [1.29, 1.82) is 0 Å². The van der Waals surface area contributed by atoms with Gasteiger partial charge < -0.3 is 14.8 Å². The van der Waals surface area contributed by atoms with Crippen LogP contribution in [0.2, 0.25) is 0 Å². The summed E-state index contributed by atoms with van der Waals surface area (Å²) in [4.78, 5) is 24.8. The number of nitrogens with one attached hydrogen (secondary N) is 1. The molecule has 0 radical (unpaired) electrons. The first-order valence-corrected chi connectivity index (χ1v) is 9.25. The fraction of sp³-hybridized carbons (Fsp3) is 0.167. The fourth-order valence-electron chi connectivity index (χ4n) is 2.81. The zero-order valence-corrected chi connectivity index (χ0v) is 16.7. The predicted molar refractivity (Wildman–Crippen MR) is 113 cm³/mol. The van der Waals surface area contributed by atoms with E-state index in [0.717, 1.165) is 11.1 Å². The minimum atomic E-state index is -0.263. The Kier molecular flexibility index (Phi) is 6.29. The van der Waals surface area contributed by atoms with Gasteiger partial charge in [0, 0.05) is 11.3 Å². The highest BCUT2D eigenvalue weighted by Gasteiger charge is 2.12. The van der Waals surface area contributed by atoms with Crippen molar-refractivity contribution in [3.63, 3.8) is 0 Å². The number of methoxy groups -OCH3 is 1. The number of rotatable bonds is 7. The summed E-state index contributed by atoms with van der Waals surface area (Å²) in [6, 6.07) is 19.5. The van der Waals surface area contributed by atoms with E-state index in [2.05, 4.69) is 5.32 Å². The van der Waals surface area contributed by atoms with E-state index in [9.17, 15) is 9.59 Å². The van der Waals surface area contributed by atoms with Crippen LogP contribution in [0.15, 0.2) is 66.7 Å². The largest absolute Gasteiger partial charge is 0.496 e. The molecule has 0 spiro atoms. The number of anilines is 1. The summed E-state index contributed by atoms with van der Waals surface area (Å²) in [7, 11) is 1.53. The van der Waals surface area contributed by atoms with E-state index in [-0.39, 0.29) is 18.3 Å². The molecule has 1 amide bonds. The molecule has 0 atom stereocenters. The molecule has 0 saturated heterocycles. The number of ketones is 1. The molecule has 0 aromatic heterocycles. The van der Waals surface area contributed by atoms with Gasteiger partial charge in [0.25, 0.3) is 5.91 Å². The quantitative estimate of drug-likeness (QED) is 0.588. The lowest BCUT2D eigenvalue weighted by molar-refractivity contribution is 0.0921. The van der Waals surface area contributed by atoms with Gasteiger partial charge in [0.15, 0.2) is 12.4 Å². The number of Topliss-reactive ketones (excluding diaryl/α,β-unsaturated/α-hetero) is 1. The molecule has 0 unspecified atom stereocenters. The van der Waals surface area contributed by atoms with Crippen LogP contribution in [0, 0.1) is 13.8 Å². The summed E-state index contributed by atoms with van der Waals surface area (Å²) >= 11 is 0. The molecule has 3 aromatic rings. The fourth-order valence-corrected chi connectivity index (χ4v) is 2.81. The highest BCUT2D eigenvalue weighted by Crippen LogP contribution is 2.21. The van der Waals surface area contributed by atoms with Gasteiger partial charge in [-0.25, -0.2) is 0 Å². The van der Waals surface area contributed by atoms with Crippen molar-refractivity contribution in [1.82, 2.24) is 0 Å². The Labute approximate surface area is 170 Å². The van der Waals surface area contributed by atoms with Gasteiger partial charge in [-0.1, -0.05) is 24.3 Å². The van der Waals surface area contributed by atoms with Gasteiger partial charge in [0.05, 0.1) is 12.7 Å². The average molecular weight is 389 g/mol. The number of hydrogen-bond acceptors (Lipinski definition) is 4. The standard InChI is InChI=1S/C24H23NO4/c1-16-8-9-18(14-17(16)2)22(26)15-29-20-12-10-19(11-13-20)25-24(27)21-6-4-5-7-23(21)28-3/h4-14H,15H2,1-3H3,(H,25,27). The van der Waals surface area contributed by atoms with Crippen molar-refractivity contribution in [3.05, 3.63) is 89.0 Å². The Morgan fingerprint density at radius 1 is 0.897 bits per heavy atom. The molecule has 148 valence electrons. The Morgan fingerprint density at radius 2 is 1.62 bits per heavy atom. The van der Waals surface area contributed by atoms with Crippen molar-refractivity contribution in [3.8, 4) is 11.5 Å². The molecule has 0 bridgehead atoms. The van der Waals surface area contributed by atoms with Crippen LogP contribution in [0.25, 0.3) is 0 Å². The summed E-state index contributed by atoms with van der Waals surface area (Å²) in [5, 5.41) is 2.82. The highest BCUT2D eigenvalue weighted by molar-refractivity contribution is 6.06. The summed E-state index contributed by atoms with van der Waals surface area (Å²) in [6.07, 6.45) is 0. The smallest absolute Gasteiger partial charge is 0.259 e. The molecule has 29 heavy (non-hydrogen) atoms. The van der Waals surface area contributed by atoms with Crippen LogP contribution < -0.4 is 14.8 Å². The van der Waals surface area contributed by atoms with Crippen LogP contribution in [0.3, 0.4) is 0 Å². The predicted octanol–water partition coefficient (Wildman–Crippen LogP) is 4.83. The molecule has 0 aliphatic carbocycles. The third-order valence-corrected chi connectivity index (χ3v) is 4.66. The lowest BCUT2D eigenvalue weighted by atomic mass is 10.0. The van der Waals surface area contributed by atoms with E-state index in [0.29, 0.717) is 28.3 Å². The number of ether oxygens (including phenoxy) is 2. The minimum Gasteiger partial charge on any atom is -0.496 e. The summed E-state index contributed by atoms with van der Waals surface area (Å²) < 4.78 is 10.8. The average Bonchev–Trinajstić information content (AvgIpc) is 2.74. The van der Waals surface area contributed by atoms with Gasteiger partial charge >= 0.3 is 0 Å². The zero-order valence-electron chi connectivity index (χ0n) is 16.7. The van der Waals surface area contributed by atoms with Gasteiger partial charge in [-0.05, 0) is 67.4 Å². The van der Waals surface area contributed by atoms with Gasteiger partial charge in [-0.15, -0.1) is 0 Å². The first kappa shape index (κ1) is 20.1. The monoisotopic (exact) mass is 389 g/mol. The minimum absolute atomic E-state index is 0.0462. The van der Waals surface area contributed by atoms with E-state index in [1.165, 1.54) is 7.11 Å². The number of hydrogen-bond donors (Lipinski definition) is 1. The topological polar surface area (TPSA) is 64.6 Å². The maximum atomic E-state index is 12.4. The van der Waals surface area contributed by atoms with E-state index >= 15 is 0 Å². The summed E-state index contributed by atoms with van der Waals surface area (Å²) in [5.41, 5.74) is 3.93. The molecule has 0 saturated carbocycles. The lowest BCUT2D eigenvalue weighted by Crippen LogP contribution is -2.13. The van der Waals surface area contributed by atoms with E-state index < -0.39 is 0 Å². The third-order valence-electron chi connectivity index (χ3n) is 4.66. The van der Waals surface area contributed by atoms with Crippen molar-refractivity contribution in [2.75, 3.05) is 19.0 Å². The van der Waals surface area contributed by atoms with E-state index in [4.69, 9.17) is 9.47 Å². The van der Waals surface area contributed by atoms with Crippen LogP contribution in [-0.4, -0.2) is 25.4 Å². The van der Waals surface area contributed by atoms with Crippen molar-refractivity contribution >= 4 is 17.4 Å². The number of carbonyl (C=O) groups excluding carboxylic acids is 2. The summed E-state index contributed by atoms with van der Waals surface area (Å²) in [5.74, 6) is 0.718. The van der Waals surface area contributed by atoms with E-state index in [1.54, 1.807) is 48.5 Å². The molecule has 0 aliphatic heterocycles. The molecular formula is C24H23NO4. The van der Waals surface area contributed by atoms with Gasteiger partial charge in [-0.2, -0.15) is 0 Å². The van der Waals surface area contributed by atoms with E-state index in [1.807, 2.05) is 32.0 Å². The molecule has 5 heteroatoms. The SMILES string of the molecule is COc1ccccc1C(=O)Nc1ccc(OCC(=O)c2ccc(C)c(C)c2)cc1. The van der Waals surface area contributed by atoms with Crippen molar-refractivity contribution in [2.24, 2.45) is 0 Å². The number of benzene rings is 3. The molecular weight excluding hydrogens is 366 g/mol. The molecule has 0 heterocycles. The maximum Gasteiger partial charge on any atom is 0.259 e. The Morgan fingerprint density at radius 3 is 2.31 bits per heavy atom. The molecule has 3 rings (SSSR count). The lowest BCUT2D eigenvalue weighted by Gasteiger charge is -2.10. The number of para-hydroxylation sites is 1. The molecule has 3 aromatic carbocycles. The molecule has 1 N–H and O–H groups in total.